The van der Waals surface area contributed by atoms with Gasteiger partial charge in [0.2, 0.25) is 0 Å². The largest absolute Gasteiger partial charge is 0.224 e. The Morgan fingerprint density at radius 1 is 1.33 bits per heavy atom. The van der Waals surface area contributed by atoms with E-state index in [1.807, 2.05) is 0 Å². The van der Waals surface area contributed by atoms with E-state index in [1.165, 1.54) is 12.1 Å². The average Bonchev–Trinajstić information content (AvgIpc) is 1.83. The van der Waals surface area contributed by atoms with E-state index < -0.39 is 15.7 Å². The van der Waals surface area contributed by atoms with Crippen LogP contribution in [-0.2, 0) is 9.84 Å². The molecule has 2 nitrogen and oxygen atoms in total. The normalized spacial score (nSPS) is 11.6. The van der Waals surface area contributed by atoms with Gasteiger partial charge in [-0.1, -0.05) is 0 Å². The standard InChI is InChI=1S/C8H9FO2S/c1-6-5-7(9)3-4-8(6)12(2,10)11/h3-5H,1-2H3. The number of hydrogen-bond acceptors (Lipinski definition) is 2. The van der Waals surface area contributed by atoms with Crippen LogP contribution in [0.25, 0.3) is 0 Å². The number of aryl methyl sites for hydroxylation is 1. The summed E-state index contributed by atoms with van der Waals surface area (Å²) in [7, 11) is -3.22. The van der Waals surface area contributed by atoms with Gasteiger partial charge in [0.15, 0.2) is 9.84 Å². The third-order valence-electron chi connectivity index (χ3n) is 1.54. The first-order valence-corrected chi connectivity index (χ1v) is 5.26. The maximum Gasteiger partial charge on any atom is 0.175 e. The molecule has 12 heavy (non-hydrogen) atoms. The second-order valence-electron chi connectivity index (χ2n) is 2.68. The van der Waals surface area contributed by atoms with Crippen LogP contribution in [0.1, 0.15) is 5.56 Å². The maximum atomic E-state index is 12.5. The molecule has 1 aromatic carbocycles. The Morgan fingerprint density at radius 2 is 1.92 bits per heavy atom. The lowest BCUT2D eigenvalue weighted by Crippen LogP contribution is -1.99. The summed E-state index contributed by atoms with van der Waals surface area (Å²) in [5.74, 6) is -0.417. The number of sulfone groups is 1. The van der Waals surface area contributed by atoms with Crippen molar-refractivity contribution in [2.75, 3.05) is 6.26 Å². The Bertz CT molecular complexity index is 396. The predicted molar refractivity (Wildman–Crippen MR) is 44.2 cm³/mol. The van der Waals surface area contributed by atoms with E-state index in [0.717, 1.165) is 12.3 Å². The van der Waals surface area contributed by atoms with Crippen LogP contribution < -0.4 is 0 Å². The molecule has 0 aliphatic heterocycles. The molecule has 1 aromatic rings. The van der Waals surface area contributed by atoms with E-state index in [-0.39, 0.29) is 4.90 Å². The molecule has 0 saturated heterocycles. The van der Waals surface area contributed by atoms with Crippen molar-refractivity contribution in [2.24, 2.45) is 0 Å². The van der Waals surface area contributed by atoms with Crippen LogP contribution in [0.4, 0.5) is 4.39 Å². The molecule has 0 aliphatic rings. The number of hydrogen-bond donors (Lipinski definition) is 0. The lowest BCUT2D eigenvalue weighted by atomic mass is 10.2. The lowest BCUT2D eigenvalue weighted by molar-refractivity contribution is 0.599. The highest BCUT2D eigenvalue weighted by molar-refractivity contribution is 7.90. The van der Waals surface area contributed by atoms with Gasteiger partial charge in [0.05, 0.1) is 4.90 Å². The maximum absolute atomic E-state index is 12.5. The van der Waals surface area contributed by atoms with Crippen molar-refractivity contribution >= 4 is 9.84 Å². The van der Waals surface area contributed by atoms with E-state index in [9.17, 15) is 12.8 Å². The highest BCUT2D eigenvalue weighted by Crippen LogP contribution is 2.15. The van der Waals surface area contributed by atoms with Crippen molar-refractivity contribution in [3.63, 3.8) is 0 Å². The van der Waals surface area contributed by atoms with Crippen LogP contribution in [0.15, 0.2) is 23.1 Å². The highest BCUT2D eigenvalue weighted by atomic mass is 32.2. The number of rotatable bonds is 1. The van der Waals surface area contributed by atoms with Crippen molar-refractivity contribution in [3.05, 3.63) is 29.6 Å². The minimum atomic E-state index is -3.22. The summed E-state index contributed by atoms with van der Waals surface area (Å²) >= 11 is 0. The summed E-state index contributed by atoms with van der Waals surface area (Å²) in [6, 6.07) is 3.62. The second kappa shape index (κ2) is 2.86. The number of benzene rings is 1. The van der Waals surface area contributed by atoms with E-state index in [1.54, 1.807) is 6.92 Å². The molecular formula is C8H9FO2S. The van der Waals surface area contributed by atoms with E-state index in [4.69, 9.17) is 0 Å². The Hall–Kier alpha value is -0.900. The zero-order chi connectivity index (χ0) is 9.35. The molecule has 0 heterocycles. The van der Waals surface area contributed by atoms with Crippen molar-refractivity contribution in [1.82, 2.24) is 0 Å². The minimum absolute atomic E-state index is 0.184. The molecule has 0 bridgehead atoms. The Kier molecular flexibility index (Phi) is 2.19. The van der Waals surface area contributed by atoms with Crippen molar-refractivity contribution in [3.8, 4) is 0 Å². The molecule has 0 amide bonds. The van der Waals surface area contributed by atoms with Gasteiger partial charge < -0.3 is 0 Å². The molecule has 0 spiro atoms. The summed E-state index contributed by atoms with van der Waals surface area (Å²) in [6.45, 7) is 1.57. The van der Waals surface area contributed by atoms with E-state index in [0.29, 0.717) is 5.56 Å². The number of halogens is 1. The fraction of sp³-hybridized carbons (Fsp3) is 0.250. The van der Waals surface area contributed by atoms with Gasteiger partial charge >= 0.3 is 0 Å². The molecule has 0 saturated carbocycles. The zero-order valence-corrected chi connectivity index (χ0v) is 7.65. The first kappa shape index (κ1) is 9.19. The fourth-order valence-electron chi connectivity index (χ4n) is 1.03. The van der Waals surface area contributed by atoms with Gasteiger partial charge in [-0.3, -0.25) is 0 Å². The lowest BCUT2D eigenvalue weighted by Gasteiger charge is -2.01. The van der Waals surface area contributed by atoms with Crippen LogP contribution in [0, 0.1) is 12.7 Å². The molecule has 66 valence electrons. The smallest absolute Gasteiger partial charge is 0.175 e. The van der Waals surface area contributed by atoms with Crippen LogP contribution >= 0.6 is 0 Å². The van der Waals surface area contributed by atoms with Gasteiger partial charge in [0, 0.05) is 6.26 Å². The topological polar surface area (TPSA) is 34.1 Å². The third kappa shape index (κ3) is 1.82. The highest BCUT2D eigenvalue weighted by Gasteiger charge is 2.10. The zero-order valence-electron chi connectivity index (χ0n) is 6.83. The molecule has 0 unspecified atom stereocenters. The SMILES string of the molecule is Cc1cc(F)ccc1S(C)(=O)=O. The Balaban J connectivity index is 3.39. The first-order chi connectivity index (χ1) is 5.41. The van der Waals surface area contributed by atoms with Gasteiger partial charge in [-0.15, -0.1) is 0 Å². The van der Waals surface area contributed by atoms with Gasteiger partial charge in [0.25, 0.3) is 0 Å². The van der Waals surface area contributed by atoms with Crippen LogP contribution in [0.2, 0.25) is 0 Å². The predicted octanol–water partition coefficient (Wildman–Crippen LogP) is 1.54. The minimum Gasteiger partial charge on any atom is -0.224 e. The quantitative estimate of drug-likeness (QED) is 0.626. The van der Waals surface area contributed by atoms with Gasteiger partial charge in [-0.05, 0) is 30.7 Å². The van der Waals surface area contributed by atoms with Gasteiger partial charge in [0.1, 0.15) is 5.82 Å². The molecule has 4 heteroatoms. The molecular weight excluding hydrogens is 179 g/mol. The average molecular weight is 188 g/mol. The molecule has 0 radical (unpaired) electrons. The Morgan fingerprint density at radius 3 is 2.33 bits per heavy atom. The summed E-state index contributed by atoms with van der Waals surface area (Å²) in [6.07, 6.45) is 1.10. The van der Waals surface area contributed by atoms with E-state index >= 15 is 0 Å². The fourth-order valence-corrected chi connectivity index (χ4v) is 1.99. The molecule has 0 N–H and O–H groups in total. The van der Waals surface area contributed by atoms with E-state index in [2.05, 4.69) is 0 Å². The van der Waals surface area contributed by atoms with Crippen molar-refractivity contribution in [1.29, 1.82) is 0 Å². The first-order valence-electron chi connectivity index (χ1n) is 3.37. The van der Waals surface area contributed by atoms with Crippen LogP contribution in [0.3, 0.4) is 0 Å². The van der Waals surface area contributed by atoms with Crippen LogP contribution in [0.5, 0.6) is 0 Å². The molecule has 0 aromatic heterocycles. The third-order valence-corrected chi connectivity index (χ3v) is 2.79. The monoisotopic (exact) mass is 188 g/mol. The molecule has 1 rings (SSSR count). The second-order valence-corrected chi connectivity index (χ2v) is 4.67. The molecule has 0 atom stereocenters. The van der Waals surface area contributed by atoms with Crippen molar-refractivity contribution in [2.45, 2.75) is 11.8 Å². The van der Waals surface area contributed by atoms with Gasteiger partial charge in [-0.2, -0.15) is 0 Å². The Labute approximate surface area is 71.0 Å². The summed E-state index contributed by atoms with van der Waals surface area (Å²) in [4.78, 5) is 0.184. The van der Waals surface area contributed by atoms with Crippen LogP contribution in [-0.4, -0.2) is 14.7 Å². The summed E-state index contributed by atoms with van der Waals surface area (Å²) < 4.78 is 34.6. The summed E-state index contributed by atoms with van der Waals surface area (Å²) in [5, 5.41) is 0. The molecule has 0 fully saturated rings. The molecule has 0 aliphatic carbocycles. The van der Waals surface area contributed by atoms with Crippen molar-refractivity contribution < 1.29 is 12.8 Å². The van der Waals surface area contributed by atoms with Gasteiger partial charge in [-0.25, -0.2) is 12.8 Å². The summed E-state index contributed by atoms with van der Waals surface area (Å²) in [5.41, 5.74) is 0.442.